The van der Waals surface area contributed by atoms with Crippen LogP contribution in [0.15, 0.2) is 12.3 Å². The zero-order chi connectivity index (χ0) is 14.7. The van der Waals surface area contributed by atoms with Gasteiger partial charge in [-0.2, -0.15) is 0 Å². The summed E-state index contributed by atoms with van der Waals surface area (Å²) in [5.74, 6) is 0.125. The van der Waals surface area contributed by atoms with E-state index in [0.29, 0.717) is 11.7 Å². The summed E-state index contributed by atoms with van der Waals surface area (Å²) in [5, 5.41) is 0. The maximum absolute atomic E-state index is 12.8. The largest absolute Gasteiger partial charge is 0.397 e. The summed E-state index contributed by atoms with van der Waals surface area (Å²) in [6, 6.07) is 2.54. The molecule has 20 heavy (non-hydrogen) atoms. The summed E-state index contributed by atoms with van der Waals surface area (Å²) in [4.78, 5) is 14.8. The third kappa shape index (κ3) is 3.35. The van der Waals surface area contributed by atoms with Gasteiger partial charge in [0.25, 0.3) is 5.91 Å². The van der Waals surface area contributed by atoms with Crippen LogP contribution in [0, 0.1) is 0 Å². The third-order valence-corrected chi connectivity index (χ3v) is 3.92. The van der Waals surface area contributed by atoms with Gasteiger partial charge in [0.05, 0.1) is 5.69 Å². The fraction of sp³-hybridized carbons (Fsp3) is 0.688. The van der Waals surface area contributed by atoms with Crippen LogP contribution in [0.25, 0.3) is 0 Å². The van der Waals surface area contributed by atoms with Gasteiger partial charge in [0.1, 0.15) is 5.69 Å². The van der Waals surface area contributed by atoms with Crippen LogP contribution in [0.2, 0.25) is 0 Å². The average Bonchev–Trinajstić information content (AvgIpc) is 3.16. The van der Waals surface area contributed by atoms with Gasteiger partial charge in [-0.15, -0.1) is 0 Å². The number of carbonyl (C=O) groups is 1. The Balaban J connectivity index is 2.14. The van der Waals surface area contributed by atoms with Crippen LogP contribution in [0.1, 0.15) is 69.4 Å². The highest BCUT2D eigenvalue weighted by atomic mass is 16.2. The van der Waals surface area contributed by atoms with Gasteiger partial charge >= 0.3 is 0 Å². The van der Waals surface area contributed by atoms with Crippen molar-refractivity contribution in [2.24, 2.45) is 0 Å². The van der Waals surface area contributed by atoms with Crippen molar-refractivity contribution in [3.63, 3.8) is 0 Å². The third-order valence-electron chi connectivity index (χ3n) is 3.92. The molecule has 0 aliphatic heterocycles. The van der Waals surface area contributed by atoms with Crippen molar-refractivity contribution in [2.45, 2.75) is 65.0 Å². The lowest BCUT2D eigenvalue weighted by Crippen LogP contribution is -2.38. The summed E-state index contributed by atoms with van der Waals surface area (Å²) >= 11 is 0. The Morgan fingerprint density at radius 2 is 2.15 bits per heavy atom. The van der Waals surface area contributed by atoms with Crippen LogP contribution in [0.3, 0.4) is 0 Å². The van der Waals surface area contributed by atoms with Crippen LogP contribution in [0.5, 0.6) is 0 Å². The smallest absolute Gasteiger partial charge is 0.270 e. The highest BCUT2D eigenvalue weighted by Gasteiger charge is 2.30. The van der Waals surface area contributed by atoms with Gasteiger partial charge in [-0.3, -0.25) is 4.79 Å². The molecule has 0 bridgehead atoms. The first-order valence-electron chi connectivity index (χ1n) is 7.83. The molecule has 4 heteroatoms. The van der Waals surface area contributed by atoms with Crippen LogP contribution in [-0.2, 0) is 0 Å². The molecular formula is C16H27N3O. The maximum Gasteiger partial charge on any atom is 0.270 e. The molecule has 112 valence electrons. The van der Waals surface area contributed by atoms with Crippen LogP contribution in [-0.4, -0.2) is 28.0 Å². The normalized spacial score (nSPS) is 14.8. The Kier molecular flexibility index (Phi) is 4.73. The number of unbranched alkanes of at least 4 members (excludes halogenated alkanes) is 2. The Morgan fingerprint density at radius 1 is 1.45 bits per heavy atom. The number of anilines is 1. The first-order valence-corrected chi connectivity index (χ1v) is 7.83. The monoisotopic (exact) mass is 277 g/mol. The van der Waals surface area contributed by atoms with Gasteiger partial charge in [0, 0.05) is 24.8 Å². The quantitative estimate of drug-likeness (QED) is 0.776. The second-order valence-corrected chi connectivity index (χ2v) is 6.10. The Hall–Kier alpha value is -1.45. The molecule has 0 spiro atoms. The number of nitrogens with zero attached hydrogens (tertiary/aromatic N) is 2. The van der Waals surface area contributed by atoms with Gasteiger partial charge in [-0.1, -0.05) is 19.8 Å². The summed E-state index contributed by atoms with van der Waals surface area (Å²) in [7, 11) is 0. The van der Waals surface area contributed by atoms with E-state index in [1.165, 1.54) is 12.8 Å². The number of amides is 1. The fourth-order valence-electron chi connectivity index (χ4n) is 2.60. The van der Waals surface area contributed by atoms with Crippen molar-refractivity contribution >= 4 is 11.6 Å². The van der Waals surface area contributed by atoms with E-state index in [1.807, 2.05) is 17.2 Å². The molecule has 1 fully saturated rings. The molecule has 1 heterocycles. The van der Waals surface area contributed by atoms with Crippen molar-refractivity contribution in [3.8, 4) is 0 Å². The predicted octanol–water partition coefficient (Wildman–Crippen LogP) is 3.45. The highest BCUT2D eigenvalue weighted by molar-refractivity contribution is 5.94. The summed E-state index contributed by atoms with van der Waals surface area (Å²) in [6.07, 6.45) is 7.64. The fourth-order valence-corrected chi connectivity index (χ4v) is 2.60. The number of carbonyl (C=O) groups excluding carboxylic acids is 1. The van der Waals surface area contributed by atoms with Crippen LogP contribution < -0.4 is 5.73 Å². The minimum atomic E-state index is 0.125. The number of rotatable bonds is 7. The van der Waals surface area contributed by atoms with E-state index < -0.39 is 0 Å². The minimum Gasteiger partial charge on any atom is -0.397 e. The lowest BCUT2D eigenvalue weighted by Gasteiger charge is -2.27. The molecule has 4 nitrogen and oxygen atoms in total. The van der Waals surface area contributed by atoms with Crippen molar-refractivity contribution < 1.29 is 4.79 Å². The van der Waals surface area contributed by atoms with E-state index in [9.17, 15) is 4.79 Å². The average molecular weight is 277 g/mol. The van der Waals surface area contributed by atoms with Crippen molar-refractivity contribution in [1.29, 1.82) is 0 Å². The maximum atomic E-state index is 12.8. The van der Waals surface area contributed by atoms with Crippen molar-refractivity contribution in [1.82, 2.24) is 9.47 Å². The van der Waals surface area contributed by atoms with E-state index >= 15 is 0 Å². The summed E-state index contributed by atoms with van der Waals surface area (Å²) in [5.41, 5.74) is 7.34. The van der Waals surface area contributed by atoms with E-state index in [1.54, 1.807) is 0 Å². The zero-order valence-corrected chi connectivity index (χ0v) is 12.9. The van der Waals surface area contributed by atoms with Crippen molar-refractivity contribution in [2.75, 3.05) is 12.3 Å². The van der Waals surface area contributed by atoms with Gasteiger partial charge in [-0.05, 0) is 39.2 Å². The Morgan fingerprint density at radius 3 is 2.70 bits per heavy atom. The molecule has 1 saturated carbocycles. The molecule has 1 amide bonds. The lowest BCUT2D eigenvalue weighted by molar-refractivity contribution is 0.0691. The first kappa shape index (κ1) is 14.9. The predicted molar refractivity (Wildman–Crippen MR) is 82.8 cm³/mol. The second-order valence-electron chi connectivity index (χ2n) is 6.10. The molecule has 2 rings (SSSR count). The molecule has 1 aromatic rings. The Labute approximate surface area is 121 Å². The van der Waals surface area contributed by atoms with E-state index in [-0.39, 0.29) is 11.9 Å². The minimum absolute atomic E-state index is 0.125. The summed E-state index contributed by atoms with van der Waals surface area (Å²) in [6.45, 7) is 7.18. The molecule has 0 saturated heterocycles. The SMILES string of the molecule is CCCCCN(C(=O)c1cc(N)cn1C1CC1)C(C)C. The molecule has 0 radical (unpaired) electrons. The number of aromatic nitrogens is 1. The molecule has 0 atom stereocenters. The van der Waals surface area contributed by atoms with E-state index in [0.717, 1.165) is 31.5 Å². The topological polar surface area (TPSA) is 51.3 Å². The molecule has 0 aromatic carbocycles. The van der Waals surface area contributed by atoms with Gasteiger partial charge < -0.3 is 15.2 Å². The first-order chi connectivity index (χ1) is 9.54. The number of nitrogen functional groups attached to an aromatic ring is 1. The van der Waals surface area contributed by atoms with Gasteiger partial charge in [0.15, 0.2) is 0 Å². The standard InChI is InChI=1S/C16H27N3O/c1-4-5-6-9-18(12(2)3)16(20)15-10-13(17)11-19(15)14-7-8-14/h10-12,14H,4-9,17H2,1-3H3. The molecule has 1 aliphatic rings. The second kappa shape index (κ2) is 6.33. The lowest BCUT2D eigenvalue weighted by atomic mass is 10.2. The van der Waals surface area contributed by atoms with Gasteiger partial charge in [0.2, 0.25) is 0 Å². The van der Waals surface area contributed by atoms with E-state index in [2.05, 4.69) is 25.3 Å². The molecule has 1 aliphatic carbocycles. The number of nitrogens with two attached hydrogens (primary N) is 1. The number of hydrogen-bond acceptors (Lipinski definition) is 2. The zero-order valence-electron chi connectivity index (χ0n) is 12.9. The van der Waals surface area contributed by atoms with Crippen LogP contribution >= 0.6 is 0 Å². The molecule has 2 N–H and O–H groups in total. The van der Waals surface area contributed by atoms with Crippen molar-refractivity contribution in [3.05, 3.63) is 18.0 Å². The van der Waals surface area contributed by atoms with Crippen LogP contribution in [0.4, 0.5) is 5.69 Å². The molecule has 1 aromatic heterocycles. The molecule has 0 unspecified atom stereocenters. The van der Waals surface area contributed by atoms with E-state index in [4.69, 9.17) is 5.73 Å². The molecular weight excluding hydrogens is 250 g/mol. The van der Waals surface area contributed by atoms with Gasteiger partial charge in [-0.25, -0.2) is 0 Å². The summed E-state index contributed by atoms with van der Waals surface area (Å²) < 4.78 is 2.08. The highest BCUT2D eigenvalue weighted by Crippen LogP contribution is 2.37. The Bertz CT molecular complexity index is 460. The number of hydrogen-bond donors (Lipinski definition) is 1.